The minimum Gasteiger partial charge on any atom is -0.224 e. The van der Waals surface area contributed by atoms with Crippen LogP contribution in [0, 0.1) is 22.7 Å². The fourth-order valence-electron chi connectivity index (χ4n) is 0.823. The van der Waals surface area contributed by atoms with Crippen LogP contribution in [0.15, 0.2) is 22.6 Å². The smallest absolute Gasteiger partial charge is 0.175 e. The largest absolute Gasteiger partial charge is 0.224 e. The Morgan fingerprint density at radius 1 is 1.42 bits per heavy atom. The lowest BCUT2D eigenvalue weighted by molar-refractivity contribution is 0.608. The van der Waals surface area contributed by atoms with Gasteiger partial charge in [-0.1, -0.05) is 0 Å². The Morgan fingerprint density at radius 2 is 2.00 bits per heavy atom. The van der Waals surface area contributed by atoms with Crippen LogP contribution >= 0.6 is 0 Å². The third-order valence-electron chi connectivity index (χ3n) is 1.38. The van der Waals surface area contributed by atoms with Crippen molar-refractivity contribution in [3.8, 4) is 12.1 Å². The summed E-state index contributed by atoms with van der Waals surface area (Å²) in [5.41, 5.74) is 0.146. The number of nitrogens with zero attached hydrogens (tertiary/aromatic N) is 2. The first-order valence-electron chi connectivity index (χ1n) is 3.03. The van der Waals surface area contributed by atoms with Gasteiger partial charge >= 0.3 is 0 Å². The van der Waals surface area contributed by atoms with Crippen molar-refractivity contribution in [2.24, 2.45) is 0 Å². The van der Waals surface area contributed by atoms with Gasteiger partial charge in [0.1, 0.15) is 17.7 Å². The number of nitriles is 2. The molecule has 0 bridgehead atoms. The fourth-order valence-corrected chi connectivity index (χ4v) is 1.96. The van der Waals surface area contributed by atoms with E-state index in [9.17, 15) is 8.42 Å². The van der Waals surface area contributed by atoms with Crippen LogP contribution in [0.25, 0.3) is 0 Å². The van der Waals surface area contributed by atoms with Gasteiger partial charge in [0.05, 0.1) is 5.75 Å². The van der Waals surface area contributed by atoms with Gasteiger partial charge < -0.3 is 0 Å². The first kappa shape index (κ1) is 8.51. The molecule has 0 amide bonds. The molecule has 0 aliphatic carbocycles. The van der Waals surface area contributed by atoms with Gasteiger partial charge in [-0.25, -0.2) is 8.42 Å². The Labute approximate surface area is 70.0 Å². The van der Waals surface area contributed by atoms with Crippen LogP contribution in [-0.2, 0) is 9.84 Å². The van der Waals surface area contributed by atoms with E-state index in [0.29, 0.717) is 0 Å². The molecule has 0 N–H and O–H groups in total. The SMILES string of the molecule is N#CC(C#N)=C1C=CS(=O)(=O)C1. The normalized spacial score (nSPS) is 18.3. The first-order chi connectivity index (χ1) is 5.59. The molecule has 0 saturated carbocycles. The highest BCUT2D eigenvalue weighted by Gasteiger charge is 2.18. The van der Waals surface area contributed by atoms with Crippen LogP contribution in [0.2, 0.25) is 0 Å². The maximum Gasteiger partial charge on any atom is 0.175 e. The van der Waals surface area contributed by atoms with Gasteiger partial charge in [-0.05, 0) is 11.6 Å². The maximum atomic E-state index is 10.8. The standard InChI is InChI=1S/C7H4N2O2S/c8-3-7(4-9)6-1-2-12(10,11)5-6/h1-2H,5H2. The first-order valence-corrected chi connectivity index (χ1v) is 4.75. The van der Waals surface area contributed by atoms with E-state index >= 15 is 0 Å². The molecule has 5 heteroatoms. The minimum atomic E-state index is -3.20. The van der Waals surface area contributed by atoms with Gasteiger partial charge in [0.15, 0.2) is 9.84 Å². The van der Waals surface area contributed by atoms with Crippen molar-refractivity contribution in [3.63, 3.8) is 0 Å². The molecule has 0 aromatic rings. The topological polar surface area (TPSA) is 81.7 Å². The molecule has 1 rings (SSSR count). The molecule has 0 radical (unpaired) electrons. The third kappa shape index (κ3) is 1.52. The highest BCUT2D eigenvalue weighted by Crippen LogP contribution is 2.16. The average Bonchev–Trinajstić information content (AvgIpc) is 2.34. The molecule has 0 unspecified atom stereocenters. The van der Waals surface area contributed by atoms with Gasteiger partial charge in [-0.15, -0.1) is 0 Å². The lowest BCUT2D eigenvalue weighted by atomic mass is 10.2. The van der Waals surface area contributed by atoms with Crippen molar-refractivity contribution in [2.45, 2.75) is 0 Å². The van der Waals surface area contributed by atoms with Crippen molar-refractivity contribution in [1.29, 1.82) is 10.5 Å². The molecule has 12 heavy (non-hydrogen) atoms. The second-order valence-corrected chi connectivity index (χ2v) is 4.12. The minimum absolute atomic E-state index is 0.132. The Morgan fingerprint density at radius 3 is 2.33 bits per heavy atom. The second kappa shape index (κ2) is 2.80. The van der Waals surface area contributed by atoms with Gasteiger partial charge in [-0.3, -0.25) is 0 Å². The summed E-state index contributed by atoms with van der Waals surface area (Å²) in [6.07, 6.45) is 1.29. The molecule has 0 fully saturated rings. The van der Waals surface area contributed by atoms with Crippen LogP contribution in [0.4, 0.5) is 0 Å². The highest BCUT2D eigenvalue weighted by molar-refractivity contribution is 7.94. The van der Waals surface area contributed by atoms with E-state index in [2.05, 4.69) is 0 Å². The Hall–Kier alpha value is -1.59. The Bertz CT molecular complexity index is 427. The van der Waals surface area contributed by atoms with Gasteiger partial charge in [0.25, 0.3) is 0 Å². The van der Waals surface area contributed by atoms with Crippen LogP contribution in [-0.4, -0.2) is 14.2 Å². The lowest BCUT2D eigenvalue weighted by Gasteiger charge is -1.89. The third-order valence-corrected chi connectivity index (χ3v) is 2.64. The molecular weight excluding hydrogens is 176 g/mol. The molecule has 0 saturated heterocycles. The van der Waals surface area contributed by atoms with E-state index in [-0.39, 0.29) is 16.9 Å². The van der Waals surface area contributed by atoms with Crippen LogP contribution in [0.5, 0.6) is 0 Å². The quantitative estimate of drug-likeness (QED) is 0.501. The summed E-state index contributed by atoms with van der Waals surface area (Å²) in [5.74, 6) is -0.233. The van der Waals surface area contributed by atoms with Gasteiger partial charge in [0.2, 0.25) is 0 Å². The van der Waals surface area contributed by atoms with E-state index in [4.69, 9.17) is 10.5 Å². The molecule has 0 atom stereocenters. The van der Waals surface area contributed by atoms with Gasteiger partial charge in [-0.2, -0.15) is 10.5 Å². The van der Waals surface area contributed by atoms with Crippen LogP contribution < -0.4 is 0 Å². The number of hydrogen-bond donors (Lipinski definition) is 0. The van der Waals surface area contributed by atoms with Gasteiger partial charge in [0, 0.05) is 5.41 Å². The molecule has 0 spiro atoms. The predicted octanol–water partition coefficient (Wildman–Crippen LogP) is 0.272. The zero-order valence-corrected chi connectivity index (χ0v) is 6.80. The van der Waals surface area contributed by atoms with E-state index in [0.717, 1.165) is 5.41 Å². The number of rotatable bonds is 0. The van der Waals surface area contributed by atoms with E-state index in [1.165, 1.54) is 6.08 Å². The maximum absolute atomic E-state index is 10.8. The molecule has 60 valence electrons. The van der Waals surface area contributed by atoms with Crippen LogP contribution in [0.3, 0.4) is 0 Å². The molecular formula is C7H4N2O2S. The zero-order valence-electron chi connectivity index (χ0n) is 5.98. The lowest BCUT2D eigenvalue weighted by Crippen LogP contribution is -1.97. The van der Waals surface area contributed by atoms with Crippen molar-refractivity contribution in [2.75, 3.05) is 5.75 Å². The summed E-state index contributed by atoms with van der Waals surface area (Å²) >= 11 is 0. The van der Waals surface area contributed by atoms with E-state index in [1.54, 1.807) is 12.1 Å². The zero-order chi connectivity index (χ0) is 9.19. The molecule has 1 heterocycles. The Kier molecular flexibility index (Phi) is 1.99. The van der Waals surface area contributed by atoms with Crippen molar-refractivity contribution in [3.05, 3.63) is 22.6 Å². The summed E-state index contributed by atoms with van der Waals surface area (Å²) in [7, 11) is -3.20. The summed E-state index contributed by atoms with van der Waals surface area (Å²) in [5, 5.41) is 17.8. The number of sulfone groups is 1. The highest BCUT2D eigenvalue weighted by atomic mass is 32.2. The Balaban J connectivity index is 3.17. The second-order valence-electron chi connectivity index (χ2n) is 2.23. The summed E-state index contributed by atoms with van der Waals surface area (Å²) in [4.78, 5) is 0. The monoisotopic (exact) mass is 180 g/mol. The molecule has 0 aromatic heterocycles. The fraction of sp³-hybridized carbons (Fsp3) is 0.143. The molecule has 4 nitrogen and oxygen atoms in total. The molecule has 0 aromatic carbocycles. The summed E-state index contributed by atoms with van der Waals surface area (Å²) in [6, 6.07) is 3.27. The molecule has 1 aliphatic rings. The summed E-state index contributed by atoms with van der Waals surface area (Å²) in [6.45, 7) is 0. The number of hydrogen-bond acceptors (Lipinski definition) is 4. The van der Waals surface area contributed by atoms with Crippen molar-refractivity contribution in [1.82, 2.24) is 0 Å². The predicted molar refractivity (Wildman–Crippen MR) is 41.2 cm³/mol. The number of allylic oxidation sites excluding steroid dienone is 2. The van der Waals surface area contributed by atoms with Crippen molar-refractivity contribution < 1.29 is 8.42 Å². The summed E-state index contributed by atoms with van der Waals surface area (Å²) < 4.78 is 21.7. The van der Waals surface area contributed by atoms with E-state index < -0.39 is 9.84 Å². The average molecular weight is 180 g/mol. The van der Waals surface area contributed by atoms with Crippen molar-refractivity contribution >= 4 is 9.84 Å². The van der Waals surface area contributed by atoms with Crippen LogP contribution in [0.1, 0.15) is 0 Å². The van der Waals surface area contributed by atoms with E-state index in [1.807, 2.05) is 0 Å². The molecule has 1 aliphatic heterocycles.